The number of benzene rings is 1. The molecule has 102 valence electrons. The van der Waals surface area contributed by atoms with Crippen LogP contribution in [0.3, 0.4) is 0 Å². The molecule has 1 aliphatic rings. The molecule has 1 aliphatic heterocycles. The van der Waals surface area contributed by atoms with Crippen molar-refractivity contribution >= 4 is 22.5 Å². The van der Waals surface area contributed by atoms with Crippen LogP contribution in [0, 0.1) is 5.92 Å². The Morgan fingerprint density at radius 3 is 3.20 bits per heavy atom. The molecule has 2 heterocycles. The van der Waals surface area contributed by atoms with E-state index in [1.807, 2.05) is 25.2 Å². The summed E-state index contributed by atoms with van der Waals surface area (Å²) in [6, 6.07) is 5.86. The summed E-state index contributed by atoms with van der Waals surface area (Å²) in [4.78, 5) is 16.6. The Bertz CT molecular complexity index is 715. The van der Waals surface area contributed by atoms with E-state index in [-0.39, 0.29) is 11.8 Å². The monoisotopic (exact) mass is 270 g/mol. The Morgan fingerprint density at radius 1 is 1.55 bits per heavy atom. The highest BCUT2D eigenvalue weighted by Gasteiger charge is 2.30. The SMILES string of the molecule is Cn1ncc2cc(N3CC(CN=[N+]=[N-])CC3=O)ccc21. The van der Waals surface area contributed by atoms with E-state index in [4.69, 9.17) is 5.53 Å². The number of carbonyl (C=O) groups excluding carboxylic acids is 1. The molecule has 1 atom stereocenters. The van der Waals surface area contributed by atoms with Gasteiger partial charge >= 0.3 is 0 Å². The first-order valence-electron chi connectivity index (χ1n) is 6.42. The first kappa shape index (κ1) is 12.5. The summed E-state index contributed by atoms with van der Waals surface area (Å²) in [5, 5.41) is 8.76. The molecule has 1 saturated heterocycles. The highest BCUT2D eigenvalue weighted by Crippen LogP contribution is 2.28. The van der Waals surface area contributed by atoms with Crippen molar-refractivity contribution < 1.29 is 4.79 Å². The van der Waals surface area contributed by atoms with Crippen molar-refractivity contribution in [2.24, 2.45) is 18.1 Å². The number of nitrogens with zero attached hydrogens (tertiary/aromatic N) is 6. The van der Waals surface area contributed by atoms with Crippen LogP contribution in [0.1, 0.15) is 6.42 Å². The van der Waals surface area contributed by atoms with Gasteiger partial charge < -0.3 is 4.90 Å². The van der Waals surface area contributed by atoms with Gasteiger partial charge in [0.2, 0.25) is 5.91 Å². The van der Waals surface area contributed by atoms with Crippen LogP contribution >= 0.6 is 0 Å². The summed E-state index contributed by atoms with van der Waals surface area (Å²) in [6.07, 6.45) is 2.22. The van der Waals surface area contributed by atoms with Gasteiger partial charge in [0.25, 0.3) is 0 Å². The normalized spacial score (nSPS) is 18.6. The third kappa shape index (κ3) is 2.08. The molecule has 0 spiro atoms. The van der Waals surface area contributed by atoms with Gasteiger partial charge in [0.15, 0.2) is 0 Å². The fraction of sp³-hybridized carbons (Fsp3) is 0.385. The molecule has 1 aromatic heterocycles. The largest absolute Gasteiger partial charge is 0.312 e. The van der Waals surface area contributed by atoms with Crippen molar-refractivity contribution in [3.05, 3.63) is 34.8 Å². The van der Waals surface area contributed by atoms with Crippen molar-refractivity contribution in [1.82, 2.24) is 9.78 Å². The van der Waals surface area contributed by atoms with Crippen molar-refractivity contribution in [3.8, 4) is 0 Å². The third-order valence-electron chi connectivity index (χ3n) is 3.65. The van der Waals surface area contributed by atoms with Crippen molar-refractivity contribution in [2.75, 3.05) is 18.0 Å². The number of rotatable bonds is 3. The number of azide groups is 1. The summed E-state index contributed by atoms with van der Waals surface area (Å²) < 4.78 is 1.80. The zero-order chi connectivity index (χ0) is 14.1. The van der Waals surface area contributed by atoms with E-state index < -0.39 is 0 Å². The van der Waals surface area contributed by atoms with E-state index in [1.165, 1.54) is 0 Å². The molecule has 1 aromatic carbocycles. The molecule has 1 fully saturated rings. The molecule has 0 radical (unpaired) electrons. The van der Waals surface area contributed by atoms with Gasteiger partial charge in [-0.2, -0.15) is 5.10 Å². The second kappa shape index (κ2) is 4.86. The number of aryl methyl sites for hydroxylation is 1. The molecule has 7 nitrogen and oxygen atoms in total. The van der Waals surface area contributed by atoms with E-state index in [1.54, 1.807) is 15.8 Å². The minimum atomic E-state index is 0.0754. The van der Waals surface area contributed by atoms with Crippen molar-refractivity contribution in [3.63, 3.8) is 0 Å². The van der Waals surface area contributed by atoms with Crippen LogP contribution < -0.4 is 4.90 Å². The molecule has 0 bridgehead atoms. The predicted molar refractivity (Wildman–Crippen MR) is 75.2 cm³/mol. The van der Waals surface area contributed by atoms with E-state index in [2.05, 4.69) is 15.1 Å². The lowest BCUT2D eigenvalue weighted by Crippen LogP contribution is -2.24. The number of aromatic nitrogens is 2. The second-order valence-electron chi connectivity index (χ2n) is 5.00. The lowest BCUT2D eigenvalue weighted by molar-refractivity contribution is -0.117. The zero-order valence-electron chi connectivity index (χ0n) is 11.1. The summed E-state index contributed by atoms with van der Waals surface area (Å²) in [5.74, 6) is 0.175. The Labute approximate surface area is 115 Å². The topological polar surface area (TPSA) is 86.9 Å². The van der Waals surface area contributed by atoms with E-state index in [0.717, 1.165) is 16.6 Å². The smallest absolute Gasteiger partial charge is 0.227 e. The highest BCUT2D eigenvalue weighted by molar-refractivity contribution is 5.97. The molecular weight excluding hydrogens is 256 g/mol. The fourth-order valence-corrected chi connectivity index (χ4v) is 2.62. The quantitative estimate of drug-likeness (QED) is 0.486. The van der Waals surface area contributed by atoms with Gasteiger partial charge in [-0.15, -0.1) is 0 Å². The highest BCUT2D eigenvalue weighted by atomic mass is 16.2. The molecule has 7 heteroatoms. The van der Waals surface area contributed by atoms with Crippen molar-refractivity contribution in [1.29, 1.82) is 0 Å². The van der Waals surface area contributed by atoms with Crippen LogP contribution in [0.15, 0.2) is 29.5 Å². The van der Waals surface area contributed by atoms with Gasteiger partial charge in [-0.05, 0) is 29.6 Å². The summed E-state index contributed by atoms with van der Waals surface area (Å²) in [6.45, 7) is 0.970. The first-order chi connectivity index (χ1) is 9.69. The maximum Gasteiger partial charge on any atom is 0.227 e. The average molecular weight is 270 g/mol. The van der Waals surface area contributed by atoms with Gasteiger partial charge in [0.1, 0.15) is 0 Å². The Kier molecular flexibility index (Phi) is 3.04. The van der Waals surface area contributed by atoms with Crippen LogP contribution in [0.4, 0.5) is 5.69 Å². The number of fused-ring (bicyclic) bond motifs is 1. The number of anilines is 1. The zero-order valence-corrected chi connectivity index (χ0v) is 11.1. The maximum absolute atomic E-state index is 12.1. The van der Waals surface area contributed by atoms with Crippen LogP contribution in [-0.2, 0) is 11.8 Å². The van der Waals surface area contributed by atoms with Gasteiger partial charge in [-0.3, -0.25) is 9.48 Å². The molecule has 1 unspecified atom stereocenters. The minimum absolute atomic E-state index is 0.0754. The third-order valence-corrected chi connectivity index (χ3v) is 3.65. The van der Waals surface area contributed by atoms with Crippen LogP contribution in [-0.4, -0.2) is 28.8 Å². The van der Waals surface area contributed by atoms with Crippen LogP contribution in [0.5, 0.6) is 0 Å². The standard InChI is InChI=1S/C13H14N6O/c1-18-12-3-2-11(5-10(12)7-16-18)19-8-9(4-13(19)20)6-15-17-14/h2-3,5,7,9H,4,6,8H2,1H3. The summed E-state index contributed by atoms with van der Waals surface area (Å²) in [5.41, 5.74) is 10.3. The Balaban J connectivity index is 1.87. The number of amides is 1. The number of hydrogen-bond donors (Lipinski definition) is 0. The minimum Gasteiger partial charge on any atom is -0.312 e. The van der Waals surface area contributed by atoms with Crippen molar-refractivity contribution in [2.45, 2.75) is 6.42 Å². The molecule has 2 aromatic rings. The number of carbonyl (C=O) groups is 1. The molecule has 1 amide bonds. The fourth-order valence-electron chi connectivity index (χ4n) is 2.62. The lowest BCUT2D eigenvalue weighted by atomic mass is 10.1. The average Bonchev–Trinajstić information content (AvgIpc) is 3.00. The van der Waals surface area contributed by atoms with Gasteiger partial charge in [0.05, 0.1) is 11.7 Å². The Hall–Kier alpha value is -2.53. The second-order valence-corrected chi connectivity index (χ2v) is 5.00. The molecule has 0 N–H and O–H groups in total. The van der Waals surface area contributed by atoms with Gasteiger partial charge in [-0.25, -0.2) is 0 Å². The van der Waals surface area contributed by atoms with E-state index in [0.29, 0.717) is 19.5 Å². The summed E-state index contributed by atoms with van der Waals surface area (Å²) >= 11 is 0. The molecular formula is C13H14N6O. The van der Waals surface area contributed by atoms with E-state index in [9.17, 15) is 4.79 Å². The van der Waals surface area contributed by atoms with Crippen LogP contribution in [0.25, 0.3) is 21.3 Å². The predicted octanol–water partition coefficient (Wildman–Crippen LogP) is 2.24. The lowest BCUT2D eigenvalue weighted by Gasteiger charge is -2.16. The maximum atomic E-state index is 12.1. The number of hydrogen-bond acceptors (Lipinski definition) is 3. The molecule has 0 saturated carbocycles. The van der Waals surface area contributed by atoms with E-state index >= 15 is 0 Å². The van der Waals surface area contributed by atoms with Gasteiger partial charge in [-0.1, -0.05) is 5.11 Å². The Morgan fingerprint density at radius 2 is 2.40 bits per heavy atom. The molecule has 3 rings (SSSR count). The molecule has 0 aliphatic carbocycles. The van der Waals surface area contributed by atoms with Gasteiger partial charge in [0, 0.05) is 42.5 Å². The molecule has 20 heavy (non-hydrogen) atoms. The first-order valence-corrected chi connectivity index (χ1v) is 6.42. The van der Waals surface area contributed by atoms with Crippen LogP contribution in [0.2, 0.25) is 0 Å². The summed E-state index contributed by atoms with van der Waals surface area (Å²) in [7, 11) is 1.89.